The zero-order valence-corrected chi connectivity index (χ0v) is 82.6. The van der Waals surface area contributed by atoms with Gasteiger partial charge in [-0.1, -0.05) is 223 Å². The first kappa shape index (κ1) is 139. The molecular formula is C79H160N4O22Si6Zr2. The van der Waals surface area contributed by atoms with Crippen molar-refractivity contribution in [1.82, 2.24) is 0 Å². The first-order chi connectivity index (χ1) is 48.0. The Kier molecular flexibility index (Phi) is 91.0. The third-order valence-electron chi connectivity index (χ3n) is 11.8. The summed E-state index contributed by atoms with van der Waals surface area (Å²) in [6.45, 7) is 65.3. The van der Waals surface area contributed by atoms with Gasteiger partial charge in [-0.25, -0.2) is 0 Å². The molecule has 26 nitrogen and oxygen atoms in total. The monoisotopic (exact) mass is 1860 g/mol. The van der Waals surface area contributed by atoms with Crippen LogP contribution in [0.1, 0.15) is 285 Å². The van der Waals surface area contributed by atoms with Gasteiger partial charge in [-0.15, -0.1) is 0 Å². The second-order valence-electron chi connectivity index (χ2n) is 30.0. The molecule has 0 aromatic heterocycles. The van der Waals surface area contributed by atoms with Crippen LogP contribution in [0.25, 0.3) is 0 Å². The summed E-state index contributed by atoms with van der Waals surface area (Å²) in [7, 11) is -15.1. The fourth-order valence-electron chi connectivity index (χ4n) is 5.81. The Bertz CT molecular complexity index is 2550. The topological polar surface area (TPSA) is 313 Å². The molecule has 4 aromatic rings. The van der Waals surface area contributed by atoms with Gasteiger partial charge >= 0.3 is 62.4 Å². The fraction of sp³-hybridized carbons (Fsp3) is 0.696. The van der Waals surface area contributed by atoms with Crippen molar-refractivity contribution in [3.05, 3.63) is 162 Å². The molecule has 0 heterocycles. The van der Waals surface area contributed by atoms with Gasteiger partial charge in [0.05, 0.1) is 0 Å². The molecule has 660 valence electrons. The van der Waals surface area contributed by atoms with E-state index in [2.05, 4.69) is 135 Å². The summed E-state index contributed by atoms with van der Waals surface area (Å²) in [6, 6.07) is 34.1. The summed E-state index contributed by atoms with van der Waals surface area (Å²) >= 11 is 0. The first-order valence-electron chi connectivity index (χ1n) is 35.8. The molecule has 113 heavy (non-hydrogen) atoms. The minimum absolute atomic E-state index is 0. The molecule has 1 N–H and O–H groups in total. The molecule has 0 atom stereocenters. The molecule has 4 rings (SSSR count). The number of nitro groups is 4. The minimum Gasteiger partial charge on any atom is -0.400 e. The van der Waals surface area contributed by atoms with E-state index < -0.39 is 75.4 Å². The number of hydrogen-bond acceptors (Lipinski definition) is 22. The van der Waals surface area contributed by atoms with Gasteiger partial charge in [-0.3, -0.25) is 40.5 Å². The minimum atomic E-state index is -4.01. The van der Waals surface area contributed by atoms with E-state index in [1.807, 2.05) is 111 Å². The van der Waals surface area contributed by atoms with Crippen molar-refractivity contribution in [2.45, 2.75) is 345 Å². The molecule has 0 unspecified atom stereocenters. The van der Waals surface area contributed by atoms with Crippen LogP contribution in [0.2, 0.25) is 11.1 Å². The van der Waals surface area contributed by atoms with Gasteiger partial charge < -0.3 is 61.1 Å². The van der Waals surface area contributed by atoms with Gasteiger partial charge in [-0.2, -0.15) is 72.8 Å². The summed E-state index contributed by atoms with van der Waals surface area (Å²) in [6.07, 6.45) is 2.31. The van der Waals surface area contributed by atoms with Gasteiger partial charge in [0.1, 0.15) is 0 Å². The van der Waals surface area contributed by atoms with E-state index in [1.165, 1.54) is 123 Å². The maximum absolute atomic E-state index is 11.0. The molecule has 0 aliphatic rings. The second kappa shape index (κ2) is 74.1. The molecule has 4 aromatic carbocycles. The Labute approximate surface area is 736 Å². The average molecular weight is 1870 g/mol. The van der Waals surface area contributed by atoms with Crippen LogP contribution in [0.3, 0.4) is 0 Å². The quantitative estimate of drug-likeness (QED) is 0.0212. The molecule has 0 spiro atoms. The van der Waals surface area contributed by atoms with Crippen LogP contribution in [0.4, 0.5) is 22.7 Å². The Balaban J connectivity index is -0.0000000951. The number of hydrogen-bond donors (Lipinski definition) is 1. The van der Waals surface area contributed by atoms with E-state index in [0.717, 1.165) is 0 Å². The van der Waals surface area contributed by atoms with Crippen LogP contribution in [-0.4, -0.2) is 136 Å². The first-order valence-corrected chi connectivity index (χ1v) is 45.2. The number of nitro benzene ring substituents is 4. The van der Waals surface area contributed by atoms with Gasteiger partial charge in [0, 0.05) is 102 Å². The van der Waals surface area contributed by atoms with E-state index >= 15 is 0 Å². The molecule has 0 fully saturated rings. The van der Waals surface area contributed by atoms with Crippen molar-refractivity contribution in [3.8, 4) is 0 Å². The predicted molar refractivity (Wildman–Crippen MR) is 471 cm³/mol. The Morgan fingerprint density at radius 3 is 0.637 bits per heavy atom. The van der Waals surface area contributed by atoms with Crippen molar-refractivity contribution >= 4 is 78.5 Å². The van der Waals surface area contributed by atoms with Crippen molar-refractivity contribution < 1.29 is 133 Å². The van der Waals surface area contributed by atoms with Crippen molar-refractivity contribution in [3.63, 3.8) is 0 Å². The van der Waals surface area contributed by atoms with E-state index in [1.54, 1.807) is 0 Å². The van der Waals surface area contributed by atoms with E-state index in [0.29, 0.717) is 27.3 Å². The van der Waals surface area contributed by atoms with Crippen LogP contribution in [0.15, 0.2) is 97.1 Å². The molecule has 0 radical (unpaired) electrons. The zero-order chi connectivity index (χ0) is 82.8. The summed E-state index contributed by atoms with van der Waals surface area (Å²) in [5, 5.41) is 40.0. The number of non-ortho nitro benzene ring substituents is 4. The number of nitrogens with zero attached hydrogens (tertiary/aromatic N) is 4. The van der Waals surface area contributed by atoms with E-state index in [-0.39, 0.29) is 169 Å². The number of rotatable bonds is 31. The molecule has 0 aliphatic heterocycles. The van der Waals surface area contributed by atoms with Crippen molar-refractivity contribution in [2.24, 2.45) is 16.2 Å². The normalized spacial score (nSPS) is 11.2. The third-order valence-corrected chi connectivity index (χ3v) is 27.9. The average Bonchev–Trinajstić information content (AvgIpc) is 0.810. The standard InChI is InChI=1S/C16H40O7Si3.C15H38O7Si3.4C6H4NO2.3C6H14.6CH4.2Zr/c1-12(2)18-25(17-11,19-13(3)4)23-26(20-14(5)6,21-15(7)8)22-24-16(9)10;1-11(2)17-24(16,18-12(3)4)22-25(19-13(5)6,20-14(7)8)21-23-15(9)10;4*8-7(9)6-4-2-1-3-5-6;3*1-5-6(2,3)4;;;;;;;;/h12-16H,24H2,1-11H3;11-16H,23H2,1-10H3;4*2-5H;3*5H2,1-4H3;6*1H4;;/q;;4*-1;;;;;;;;;;;+4. The molecule has 0 aliphatic carbocycles. The Hall–Kier alpha value is -3.01. The SMILES string of the molecule is C.C.C.C.C.C.CC(C)O[Si](O)(OC(C)C)O[Si](O[SiH2]C(C)C)(OC(C)C)OC(C)C.CCC(C)(C)C.CCC(C)(C)C.CCC(C)(C)C.CO[Si](OC(C)C)(OC(C)C)O[Si](O[SiH2]C(C)C)(OC(C)C)OC(C)C.O=[N+]([O-])c1cc[c-]cc1.O=[N+]([O-])c1cc[c-]cc1.O=[N+]([O-])c1cc[c-]cc1.O=[N+]([O-])c1cc[c-]cc1.[Zr+4].[Zr]. The molecule has 0 saturated heterocycles. The predicted octanol–water partition coefficient (Wildman–Crippen LogP) is 22.4. The summed E-state index contributed by atoms with van der Waals surface area (Å²) in [4.78, 5) is 49.2. The van der Waals surface area contributed by atoms with Crippen LogP contribution in [-0.2, 0) is 109 Å². The van der Waals surface area contributed by atoms with Crippen LogP contribution >= 0.6 is 0 Å². The molecular weight excluding hydrogens is 1710 g/mol. The molecule has 0 saturated carbocycles. The van der Waals surface area contributed by atoms with Gasteiger partial charge in [0.25, 0.3) is 0 Å². The van der Waals surface area contributed by atoms with Gasteiger partial charge in [0.2, 0.25) is 0 Å². The smallest absolute Gasteiger partial charge is 0.400 e. The molecule has 0 bridgehead atoms. The second-order valence-corrected chi connectivity index (χ2v) is 44.2. The van der Waals surface area contributed by atoms with Crippen molar-refractivity contribution in [1.29, 1.82) is 0 Å². The Morgan fingerprint density at radius 1 is 0.354 bits per heavy atom. The van der Waals surface area contributed by atoms with Gasteiger partial charge in [0.15, 0.2) is 42.3 Å². The number of benzene rings is 4. The van der Waals surface area contributed by atoms with Gasteiger partial charge in [-0.05, 0) is 138 Å². The third kappa shape index (κ3) is 85.2. The van der Waals surface area contributed by atoms with E-state index in [4.69, 9.17) is 56.3 Å². The maximum Gasteiger partial charge on any atom is 4.00 e. The summed E-state index contributed by atoms with van der Waals surface area (Å²) < 4.78 is 77.8. The molecule has 0 amide bonds. The van der Waals surface area contributed by atoms with Crippen LogP contribution < -0.4 is 0 Å². The summed E-state index contributed by atoms with van der Waals surface area (Å²) in [5.41, 5.74) is 2.85. The zero-order valence-electron chi connectivity index (χ0n) is 70.9. The molecule has 34 heteroatoms. The van der Waals surface area contributed by atoms with Crippen molar-refractivity contribution in [2.75, 3.05) is 7.11 Å². The van der Waals surface area contributed by atoms with Crippen LogP contribution in [0.5, 0.6) is 0 Å². The largest absolute Gasteiger partial charge is 4.00 e. The Morgan fingerprint density at radius 2 is 0.513 bits per heavy atom. The van der Waals surface area contributed by atoms with Crippen LogP contribution in [0, 0.1) is 81.0 Å². The fourth-order valence-corrected chi connectivity index (χ4v) is 22.2. The van der Waals surface area contributed by atoms with E-state index in [9.17, 15) is 45.3 Å². The maximum atomic E-state index is 11.0. The summed E-state index contributed by atoms with van der Waals surface area (Å²) in [5.74, 6) is 0.